The highest BCUT2D eigenvalue weighted by molar-refractivity contribution is 5.64. The lowest BCUT2D eigenvalue weighted by atomic mass is 10.1. The van der Waals surface area contributed by atoms with Crippen LogP contribution in [0.2, 0.25) is 0 Å². The van der Waals surface area contributed by atoms with Gasteiger partial charge in [0.2, 0.25) is 0 Å². The number of nitrogens with zero attached hydrogens (tertiary/aromatic N) is 4. The smallest absolute Gasteiger partial charge is 0.153 e. The molecule has 2 heterocycles. The number of aromatic nitrogens is 4. The minimum atomic E-state index is 0.696. The van der Waals surface area contributed by atoms with Crippen molar-refractivity contribution in [2.75, 3.05) is 10.6 Å². The summed E-state index contributed by atoms with van der Waals surface area (Å²) >= 11 is 0. The maximum absolute atomic E-state index is 4.29. The van der Waals surface area contributed by atoms with Gasteiger partial charge in [-0.2, -0.15) is 0 Å². The minimum absolute atomic E-state index is 0.696. The predicted octanol–water partition coefficient (Wildman–Crippen LogP) is 4.73. The third kappa shape index (κ3) is 4.24. The van der Waals surface area contributed by atoms with Gasteiger partial charge in [-0.05, 0) is 43.3 Å². The molecule has 6 nitrogen and oxygen atoms in total. The number of rotatable bonds is 5. The van der Waals surface area contributed by atoms with E-state index in [9.17, 15) is 0 Å². The topological polar surface area (TPSA) is 75.6 Å². The second-order valence-corrected chi connectivity index (χ2v) is 6.04. The first kappa shape index (κ1) is 16.7. The summed E-state index contributed by atoms with van der Waals surface area (Å²) < 4.78 is 0. The number of benzene rings is 2. The predicted molar refractivity (Wildman–Crippen MR) is 107 cm³/mol. The van der Waals surface area contributed by atoms with E-state index in [1.807, 2.05) is 79.7 Å². The quantitative estimate of drug-likeness (QED) is 0.540. The average Bonchev–Trinajstić information content (AvgIpc) is 2.71. The van der Waals surface area contributed by atoms with E-state index in [1.165, 1.54) is 0 Å². The van der Waals surface area contributed by atoms with Gasteiger partial charge < -0.3 is 10.6 Å². The van der Waals surface area contributed by atoms with E-state index in [4.69, 9.17) is 0 Å². The van der Waals surface area contributed by atoms with Gasteiger partial charge in [0.05, 0.1) is 5.69 Å². The van der Waals surface area contributed by atoms with E-state index >= 15 is 0 Å². The van der Waals surface area contributed by atoms with Crippen molar-refractivity contribution < 1.29 is 0 Å². The van der Waals surface area contributed by atoms with Crippen molar-refractivity contribution in [1.82, 2.24) is 20.2 Å². The zero-order chi connectivity index (χ0) is 18.5. The van der Waals surface area contributed by atoms with Gasteiger partial charge in [-0.3, -0.25) is 0 Å². The van der Waals surface area contributed by atoms with Gasteiger partial charge in [-0.15, -0.1) is 10.2 Å². The molecule has 0 unspecified atom stereocenters. The van der Waals surface area contributed by atoms with Crippen molar-refractivity contribution in [1.29, 1.82) is 0 Å². The van der Waals surface area contributed by atoms with E-state index in [0.29, 0.717) is 5.82 Å². The van der Waals surface area contributed by atoms with E-state index in [1.54, 1.807) is 6.33 Å². The van der Waals surface area contributed by atoms with Crippen molar-refractivity contribution in [3.05, 3.63) is 84.8 Å². The highest BCUT2D eigenvalue weighted by Gasteiger charge is 2.02. The Balaban J connectivity index is 1.42. The Morgan fingerprint density at radius 2 is 1.37 bits per heavy atom. The van der Waals surface area contributed by atoms with Crippen LogP contribution in [0.15, 0.2) is 79.1 Å². The average molecular weight is 354 g/mol. The van der Waals surface area contributed by atoms with E-state index < -0.39 is 0 Å². The summed E-state index contributed by atoms with van der Waals surface area (Å²) in [5, 5.41) is 15.1. The number of aryl methyl sites for hydroxylation is 1. The highest BCUT2D eigenvalue weighted by atomic mass is 15.2. The molecule has 0 amide bonds. The van der Waals surface area contributed by atoms with Crippen LogP contribution in [-0.2, 0) is 0 Å². The van der Waals surface area contributed by atoms with E-state index in [0.717, 1.165) is 34.1 Å². The van der Waals surface area contributed by atoms with Gasteiger partial charge in [0, 0.05) is 28.7 Å². The van der Waals surface area contributed by atoms with Crippen molar-refractivity contribution in [3.8, 4) is 11.3 Å². The van der Waals surface area contributed by atoms with Gasteiger partial charge in [0.1, 0.15) is 12.1 Å². The Hall–Kier alpha value is -3.80. The van der Waals surface area contributed by atoms with Crippen molar-refractivity contribution in [2.45, 2.75) is 6.92 Å². The molecule has 0 radical (unpaired) electrons. The fourth-order valence-electron chi connectivity index (χ4n) is 2.62. The first-order valence-corrected chi connectivity index (χ1v) is 8.58. The van der Waals surface area contributed by atoms with Gasteiger partial charge >= 0.3 is 0 Å². The molecule has 27 heavy (non-hydrogen) atoms. The summed E-state index contributed by atoms with van der Waals surface area (Å²) in [7, 11) is 0. The largest absolute Gasteiger partial charge is 0.340 e. The maximum Gasteiger partial charge on any atom is 0.153 e. The summed E-state index contributed by atoms with van der Waals surface area (Å²) in [5.74, 6) is 1.47. The van der Waals surface area contributed by atoms with Crippen LogP contribution >= 0.6 is 0 Å². The number of hydrogen-bond acceptors (Lipinski definition) is 6. The monoisotopic (exact) mass is 354 g/mol. The Morgan fingerprint density at radius 3 is 2.00 bits per heavy atom. The van der Waals surface area contributed by atoms with Gasteiger partial charge in [0.25, 0.3) is 0 Å². The Labute approximate surface area is 157 Å². The van der Waals surface area contributed by atoms with Crippen molar-refractivity contribution in [2.24, 2.45) is 0 Å². The Morgan fingerprint density at radius 1 is 0.667 bits per heavy atom. The summed E-state index contributed by atoms with van der Waals surface area (Å²) in [6, 6.07) is 23.7. The number of hydrogen-bond donors (Lipinski definition) is 2. The minimum Gasteiger partial charge on any atom is -0.340 e. The molecule has 0 aliphatic rings. The Kier molecular flexibility index (Phi) is 4.70. The van der Waals surface area contributed by atoms with Crippen LogP contribution in [0.3, 0.4) is 0 Å². The summed E-state index contributed by atoms with van der Waals surface area (Å²) in [4.78, 5) is 8.30. The molecule has 0 saturated heterocycles. The number of anilines is 4. The molecule has 2 aromatic carbocycles. The van der Waals surface area contributed by atoms with Gasteiger partial charge in [-0.25, -0.2) is 9.97 Å². The SMILES string of the molecule is Cc1cc(Nc2ccc(Nc3ccc(-c4ccccc4)nn3)cc2)ncn1. The number of nitrogens with one attached hydrogen (secondary N) is 2. The molecule has 2 aromatic heterocycles. The van der Waals surface area contributed by atoms with Crippen LogP contribution in [0, 0.1) is 6.92 Å². The third-order valence-electron chi connectivity index (χ3n) is 3.97. The second-order valence-electron chi connectivity index (χ2n) is 6.04. The van der Waals surface area contributed by atoms with Crippen LogP contribution in [0.4, 0.5) is 23.0 Å². The molecule has 132 valence electrons. The zero-order valence-electron chi connectivity index (χ0n) is 14.8. The molecular weight excluding hydrogens is 336 g/mol. The normalized spacial score (nSPS) is 10.4. The van der Waals surface area contributed by atoms with E-state index in [2.05, 4.69) is 30.8 Å². The lowest BCUT2D eigenvalue weighted by molar-refractivity contribution is 1.04. The molecule has 2 N–H and O–H groups in total. The molecule has 6 heteroatoms. The first-order chi connectivity index (χ1) is 13.3. The van der Waals surface area contributed by atoms with Gasteiger partial charge in [0.15, 0.2) is 5.82 Å². The van der Waals surface area contributed by atoms with Crippen LogP contribution in [-0.4, -0.2) is 20.2 Å². The summed E-state index contributed by atoms with van der Waals surface area (Å²) in [6.07, 6.45) is 1.55. The molecule has 0 aliphatic carbocycles. The van der Waals surface area contributed by atoms with E-state index in [-0.39, 0.29) is 0 Å². The maximum atomic E-state index is 4.29. The summed E-state index contributed by atoms with van der Waals surface area (Å²) in [5.41, 5.74) is 4.70. The molecule has 4 rings (SSSR count). The summed E-state index contributed by atoms with van der Waals surface area (Å²) in [6.45, 7) is 1.93. The zero-order valence-corrected chi connectivity index (χ0v) is 14.8. The molecular formula is C21H18N6. The van der Waals surface area contributed by atoms with Crippen LogP contribution < -0.4 is 10.6 Å². The lowest BCUT2D eigenvalue weighted by Crippen LogP contribution is -1.98. The first-order valence-electron chi connectivity index (χ1n) is 8.58. The Bertz CT molecular complexity index is 1010. The lowest BCUT2D eigenvalue weighted by Gasteiger charge is -2.09. The standard InChI is InChI=1S/C21H18N6/c1-15-13-21(23-14-22-15)25-18-9-7-17(8-10-18)24-20-12-11-19(26-27-20)16-5-3-2-4-6-16/h2-14H,1H3,(H,24,27)(H,22,23,25). The molecule has 0 bridgehead atoms. The molecule has 0 saturated carbocycles. The van der Waals surface area contributed by atoms with Crippen LogP contribution in [0.25, 0.3) is 11.3 Å². The van der Waals surface area contributed by atoms with Crippen LogP contribution in [0.5, 0.6) is 0 Å². The molecule has 0 atom stereocenters. The second kappa shape index (κ2) is 7.61. The third-order valence-corrected chi connectivity index (χ3v) is 3.97. The van der Waals surface area contributed by atoms with Gasteiger partial charge in [-0.1, -0.05) is 30.3 Å². The molecule has 0 aliphatic heterocycles. The fourth-order valence-corrected chi connectivity index (χ4v) is 2.62. The van der Waals surface area contributed by atoms with Crippen molar-refractivity contribution in [3.63, 3.8) is 0 Å². The molecule has 0 fully saturated rings. The molecule has 0 spiro atoms. The highest BCUT2D eigenvalue weighted by Crippen LogP contribution is 2.21. The fraction of sp³-hybridized carbons (Fsp3) is 0.0476. The van der Waals surface area contributed by atoms with Crippen LogP contribution in [0.1, 0.15) is 5.69 Å². The van der Waals surface area contributed by atoms with Crippen molar-refractivity contribution >= 4 is 23.0 Å². The molecule has 4 aromatic rings.